The Labute approximate surface area is 157 Å². The van der Waals surface area contributed by atoms with Gasteiger partial charge in [-0.2, -0.15) is 0 Å². The van der Waals surface area contributed by atoms with Crippen LogP contribution in [0.2, 0.25) is 5.02 Å². The van der Waals surface area contributed by atoms with Crippen molar-refractivity contribution in [2.24, 2.45) is 0 Å². The number of thiazole rings is 1. The Hall–Kier alpha value is -2.97. The number of nitrogens with zero attached hydrogens (tertiary/aromatic N) is 2. The molecule has 0 aliphatic carbocycles. The van der Waals surface area contributed by atoms with Crippen molar-refractivity contribution >= 4 is 40.2 Å². The van der Waals surface area contributed by atoms with E-state index in [2.05, 4.69) is 10.3 Å². The topological polar surface area (TPSA) is 94.4 Å². The number of amides is 1. The van der Waals surface area contributed by atoms with Crippen molar-refractivity contribution in [1.82, 2.24) is 4.98 Å². The van der Waals surface area contributed by atoms with E-state index in [1.807, 2.05) is 6.07 Å². The predicted molar refractivity (Wildman–Crippen MR) is 100 cm³/mol. The number of halogens is 1. The molecule has 0 aliphatic heterocycles. The van der Waals surface area contributed by atoms with Crippen LogP contribution in [0.5, 0.6) is 5.75 Å². The van der Waals surface area contributed by atoms with E-state index >= 15 is 0 Å². The molecule has 0 fully saturated rings. The number of hydrogen-bond donors (Lipinski definition) is 1. The van der Waals surface area contributed by atoms with Gasteiger partial charge < -0.3 is 10.1 Å². The van der Waals surface area contributed by atoms with Crippen molar-refractivity contribution in [1.29, 1.82) is 0 Å². The summed E-state index contributed by atoms with van der Waals surface area (Å²) in [7, 11) is 1.41. The molecule has 0 unspecified atom stereocenters. The van der Waals surface area contributed by atoms with Gasteiger partial charge in [0.1, 0.15) is 16.5 Å². The molecule has 1 N–H and O–H groups in total. The highest BCUT2D eigenvalue weighted by Gasteiger charge is 2.17. The minimum atomic E-state index is -0.546. The highest BCUT2D eigenvalue weighted by Crippen LogP contribution is 2.30. The van der Waals surface area contributed by atoms with E-state index in [1.54, 1.807) is 23.6 Å². The molecule has 132 valence electrons. The smallest absolute Gasteiger partial charge is 0.275 e. The molecule has 0 saturated carbocycles. The number of aromatic nitrogens is 1. The van der Waals surface area contributed by atoms with Crippen LogP contribution in [0.3, 0.4) is 0 Å². The quantitative estimate of drug-likeness (QED) is 0.507. The lowest BCUT2D eigenvalue weighted by atomic mass is 10.2. The van der Waals surface area contributed by atoms with Gasteiger partial charge in [-0.3, -0.25) is 14.9 Å². The van der Waals surface area contributed by atoms with E-state index in [4.69, 9.17) is 16.3 Å². The van der Waals surface area contributed by atoms with Gasteiger partial charge >= 0.3 is 0 Å². The molecule has 1 amide bonds. The number of ether oxygens (including phenoxy) is 1. The fourth-order valence-corrected chi connectivity index (χ4v) is 3.21. The second kappa shape index (κ2) is 7.51. The Morgan fingerprint density at radius 2 is 2.12 bits per heavy atom. The number of carbonyl (C=O) groups is 1. The maximum absolute atomic E-state index is 12.5. The van der Waals surface area contributed by atoms with E-state index < -0.39 is 10.8 Å². The van der Waals surface area contributed by atoms with Crippen molar-refractivity contribution in [3.8, 4) is 16.3 Å². The van der Waals surface area contributed by atoms with Gasteiger partial charge in [-0.1, -0.05) is 23.7 Å². The Morgan fingerprint density at radius 3 is 2.81 bits per heavy atom. The molecule has 3 aromatic rings. The number of rotatable bonds is 5. The van der Waals surface area contributed by atoms with Crippen LogP contribution in [0.4, 0.5) is 11.4 Å². The summed E-state index contributed by atoms with van der Waals surface area (Å²) in [6.45, 7) is 0. The van der Waals surface area contributed by atoms with Crippen LogP contribution in [0.1, 0.15) is 10.5 Å². The van der Waals surface area contributed by atoms with Crippen molar-refractivity contribution < 1.29 is 14.5 Å². The number of carbonyl (C=O) groups excluding carboxylic acids is 1. The van der Waals surface area contributed by atoms with E-state index in [9.17, 15) is 14.9 Å². The lowest BCUT2D eigenvalue weighted by Crippen LogP contribution is -2.13. The Morgan fingerprint density at radius 1 is 1.31 bits per heavy atom. The summed E-state index contributed by atoms with van der Waals surface area (Å²) < 4.78 is 5.13. The average Bonchev–Trinajstić information content (AvgIpc) is 3.12. The first-order valence-corrected chi connectivity index (χ1v) is 8.59. The van der Waals surface area contributed by atoms with Crippen LogP contribution < -0.4 is 10.1 Å². The third kappa shape index (κ3) is 3.81. The Kier molecular flexibility index (Phi) is 5.15. The van der Waals surface area contributed by atoms with Gasteiger partial charge in [0.2, 0.25) is 0 Å². The first kappa shape index (κ1) is 17.8. The molecule has 9 heteroatoms. The third-order valence-electron chi connectivity index (χ3n) is 3.45. The number of nitrogens with one attached hydrogen (secondary N) is 1. The monoisotopic (exact) mass is 389 g/mol. The molecule has 0 saturated heterocycles. The zero-order valence-electron chi connectivity index (χ0n) is 13.4. The predicted octanol–water partition coefficient (Wildman–Crippen LogP) is 4.63. The third-order valence-corrected chi connectivity index (χ3v) is 4.58. The summed E-state index contributed by atoms with van der Waals surface area (Å²) in [5, 5.41) is 16.3. The molecule has 1 heterocycles. The minimum absolute atomic E-state index is 0.154. The highest BCUT2D eigenvalue weighted by molar-refractivity contribution is 7.13. The van der Waals surface area contributed by atoms with E-state index in [1.165, 1.54) is 36.6 Å². The average molecular weight is 390 g/mol. The number of hydrogen-bond acceptors (Lipinski definition) is 6. The number of nitro groups is 1. The zero-order valence-corrected chi connectivity index (χ0v) is 15.0. The summed E-state index contributed by atoms with van der Waals surface area (Å²) in [6.07, 6.45) is 0. The van der Waals surface area contributed by atoms with Crippen LogP contribution in [0, 0.1) is 10.1 Å². The van der Waals surface area contributed by atoms with Gasteiger partial charge in [0.25, 0.3) is 11.6 Å². The number of non-ortho nitro benzene ring substituents is 1. The molecule has 7 nitrogen and oxygen atoms in total. The van der Waals surface area contributed by atoms with Crippen molar-refractivity contribution in [3.63, 3.8) is 0 Å². The molecule has 0 spiro atoms. The van der Waals surface area contributed by atoms with Gasteiger partial charge in [0.15, 0.2) is 0 Å². The number of methoxy groups -OCH3 is 1. The van der Waals surface area contributed by atoms with E-state index in [-0.39, 0.29) is 17.1 Å². The summed E-state index contributed by atoms with van der Waals surface area (Å²) in [4.78, 5) is 27.1. The fourth-order valence-electron chi connectivity index (χ4n) is 2.23. The molecule has 0 aliphatic rings. The molecule has 3 rings (SSSR count). The summed E-state index contributed by atoms with van der Waals surface area (Å²) in [5.41, 5.74) is 1.04. The zero-order chi connectivity index (χ0) is 18.7. The van der Waals surface area contributed by atoms with E-state index in [0.717, 1.165) is 5.56 Å². The fraction of sp³-hybridized carbons (Fsp3) is 0.0588. The van der Waals surface area contributed by atoms with Crippen LogP contribution >= 0.6 is 22.9 Å². The second-order valence-corrected chi connectivity index (χ2v) is 6.44. The second-order valence-electron chi connectivity index (χ2n) is 5.14. The Bertz CT molecular complexity index is 990. The number of anilines is 1. The Balaban J connectivity index is 1.85. The standard InChI is InChI=1S/C17H12ClN3O4S/c1-25-15-6-5-12(21(23)24)8-13(15)19-16(22)14-9-26-17(20-14)10-3-2-4-11(18)7-10/h2-9H,1H3,(H,19,22). The van der Waals surface area contributed by atoms with Gasteiger partial charge in [-0.15, -0.1) is 11.3 Å². The first-order chi connectivity index (χ1) is 12.5. The maximum Gasteiger partial charge on any atom is 0.275 e. The van der Waals surface area contributed by atoms with Crippen molar-refractivity contribution in [2.45, 2.75) is 0 Å². The van der Waals surface area contributed by atoms with Crippen molar-refractivity contribution in [2.75, 3.05) is 12.4 Å². The molecular formula is C17H12ClN3O4S. The molecular weight excluding hydrogens is 378 g/mol. The van der Waals surface area contributed by atoms with Crippen LogP contribution in [0.15, 0.2) is 47.8 Å². The largest absolute Gasteiger partial charge is 0.495 e. The van der Waals surface area contributed by atoms with Crippen LogP contribution in [0.25, 0.3) is 10.6 Å². The normalized spacial score (nSPS) is 10.4. The lowest BCUT2D eigenvalue weighted by Gasteiger charge is -2.08. The lowest BCUT2D eigenvalue weighted by molar-refractivity contribution is -0.384. The van der Waals surface area contributed by atoms with E-state index in [0.29, 0.717) is 15.8 Å². The summed E-state index contributed by atoms with van der Waals surface area (Å²) in [5.74, 6) is -0.178. The molecule has 26 heavy (non-hydrogen) atoms. The van der Waals surface area contributed by atoms with Crippen LogP contribution in [-0.4, -0.2) is 22.9 Å². The molecule has 1 aromatic heterocycles. The molecule has 0 bridgehead atoms. The molecule has 2 aromatic carbocycles. The highest BCUT2D eigenvalue weighted by atomic mass is 35.5. The van der Waals surface area contributed by atoms with Gasteiger partial charge in [-0.25, -0.2) is 4.98 Å². The number of nitro benzene ring substituents is 1. The molecule has 0 atom stereocenters. The maximum atomic E-state index is 12.5. The van der Waals surface area contributed by atoms with Gasteiger partial charge in [-0.05, 0) is 18.2 Å². The number of benzene rings is 2. The van der Waals surface area contributed by atoms with Gasteiger partial charge in [0.05, 0.1) is 17.7 Å². The molecule has 0 radical (unpaired) electrons. The summed E-state index contributed by atoms with van der Waals surface area (Å²) >= 11 is 7.27. The van der Waals surface area contributed by atoms with Crippen LogP contribution in [-0.2, 0) is 0 Å². The SMILES string of the molecule is COc1ccc([N+](=O)[O-])cc1NC(=O)c1csc(-c2cccc(Cl)c2)n1. The first-order valence-electron chi connectivity index (χ1n) is 7.33. The summed E-state index contributed by atoms with van der Waals surface area (Å²) in [6, 6.07) is 11.1. The van der Waals surface area contributed by atoms with Gasteiger partial charge in [0, 0.05) is 28.1 Å². The minimum Gasteiger partial charge on any atom is -0.495 e. The van der Waals surface area contributed by atoms with Crippen molar-refractivity contribution in [3.05, 3.63) is 68.7 Å².